The van der Waals surface area contributed by atoms with Crippen molar-refractivity contribution in [1.82, 2.24) is 10.2 Å². The molecule has 3 fully saturated rings. The second-order valence-corrected chi connectivity index (χ2v) is 7.84. The first-order valence-corrected chi connectivity index (χ1v) is 10.1. The number of nitrogens with one attached hydrogen (secondary N) is 1. The summed E-state index contributed by atoms with van der Waals surface area (Å²) in [5, 5.41) is 3.19. The van der Waals surface area contributed by atoms with Gasteiger partial charge in [0.1, 0.15) is 5.75 Å². The molecular weight excluding hydrogens is 344 g/mol. The van der Waals surface area contributed by atoms with E-state index in [0.29, 0.717) is 12.0 Å². The van der Waals surface area contributed by atoms with Crippen LogP contribution in [-0.4, -0.2) is 63.0 Å². The average molecular weight is 374 g/mol. The van der Waals surface area contributed by atoms with Crippen LogP contribution in [0.15, 0.2) is 24.3 Å². The molecule has 27 heavy (non-hydrogen) atoms. The van der Waals surface area contributed by atoms with Crippen LogP contribution in [0.2, 0.25) is 0 Å². The molecule has 0 radical (unpaired) electrons. The third-order valence-electron chi connectivity index (χ3n) is 6.21. The summed E-state index contributed by atoms with van der Waals surface area (Å²) in [7, 11) is 1.71. The highest BCUT2D eigenvalue weighted by Crippen LogP contribution is 2.35. The van der Waals surface area contributed by atoms with Crippen LogP contribution in [0, 0.1) is 11.8 Å². The lowest BCUT2D eigenvalue weighted by Gasteiger charge is -2.24. The van der Waals surface area contributed by atoms with Gasteiger partial charge in [-0.2, -0.15) is 0 Å². The van der Waals surface area contributed by atoms with E-state index in [1.54, 1.807) is 7.11 Å². The topological polar surface area (TPSA) is 60.0 Å². The Hall–Kier alpha value is -1.63. The van der Waals surface area contributed by atoms with Gasteiger partial charge in [0, 0.05) is 51.1 Å². The van der Waals surface area contributed by atoms with Crippen LogP contribution in [0.5, 0.6) is 5.75 Å². The number of carbonyl (C=O) groups is 1. The van der Waals surface area contributed by atoms with E-state index in [-0.39, 0.29) is 17.9 Å². The highest BCUT2D eigenvalue weighted by molar-refractivity contribution is 5.80. The summed E-state index contributed by atoms with van der Waals surface area (Å²) in [5.74, 6) is 1.49. The van der Waals surface area contributed by atoms with Crippen molar-refractivity contribution in [2.45, 2.75) is 38.0 Å². The second-order valence-electron chi connectivity index (χ2n) is 7.84. The standard InChI is InChI=1S/C21H30N2O4/c1-25-19-5-3-2-4-16(19)13-23-14-17(20-18(23)8-11-27-20)21(24)22-12-15-6-9-26-10-7-15/h2-5,15,17-18,20H,6-14H2,1H3,(H,22,24)/t17-,18-,20+/m1/s1. The molecule has 0 bridgehead atoms. The van der Waals surface area contributed by atoms with Crippen molar-refractivity contribution in [3.8, 4) is 5.75 Å². The van der Waals surface area contributed by atoms with E-state index in [1.807, 2.05) is 18.2 Å². The summed E-state index contributed by atoms with van der Waals surface area (Å²) in [5.41, 5.74) is 1.16. The first-order chi connectivity index (χ1) is 13.3. The Morgan fingerprint density at radius 3 is 2.85 bits per heavy atom. The molecule has 1 N–H and O–H groups in total. The minimum atomic E-state index is -0.0907. The molecule has 3 saturated heterocycles. The Kier molecular flexibility index (Phi) is 5.95. The number of rotatable bonds is 6. The van der Waals surface area contributed by atoms with E-state index in [2.05, 4.69) is 16.3 Å². The zero-order valence-corrected chi connectivity index (χ0v) is 16.1. The van der Waals surface area contributed by atoms with Gasteiger partial charge in [-0.1, -0.05) is 18.2 Å². The van der Waals surface area contributed by atoms with Crippen molar-refractivity contribution in [2.75, 3.05) is 40.0 Å². The predicted molar refractivity (Wildman–Crippen MR) is 102 cm³/mol. The summed E-state index contributed by atoms with van der Waals surface area (Å²) in [6.07, 6.45) is 3.07. The van der Waals surface area contributed by atoms with E-state index in [9.17, 15) is 4.79 Å². The van der Waals surface area contributed by atoms with Crippen LogP contribution in [0.25, 0.3) is 0 Å². The van der Waals surface area contributed by atoms with Gasteiger partial charge < -0.3 is 19.5 Å². The number of ether oxygens (including phenoxy) is 3. The molecule has 148 valence electrons. The fourth-order valence-corrected chi connectivity index (χ4v) is 4.66. The van der Waals surface area contributed by atoms with Crippen LogP contribution in [-0.2, 0) is 20.8 Å². The number of benzene rings is 1. The van der Waals surface area contributed by atoms with Gasteiger partial charge in [0.2, 0.25) is 5.91 Å². The number of para-hydroxylation sites is 1. The quantitative estimate of drug-likeness (QED) is 0.823. The first-order valence-electron chi connectivity index (χ1n) is 10.1. The molecule has 4 rings (SSSR count). The Balaban J connectivity index is 1.38. The maximum absolute atomic E-state index is 12.9. The van der Waals surface area contributed by atoms with E-state index in [4.69, 9.17) is 14.2 Å². The molecule has 6 heteroatoms. The van der Waals surface area contributed by atoms with Crippen LogP contribution in [0.1, 0.15) is 24.8 Å². The maximum atomic E-state index is 12.9. The van der Waals surface area contributed by atoms with Crippen molar-refractivity contribution in [3.05, 3.63) is 29.8 Å². The number of methoxy groups -OCH3 is 1. The number of nitrogens with zero attached hydrogens (tertiary/aromatic N) is 1. The van der Waals surface area contributed by atoms with Gasteiger partial charge >= 0.3 is 0 Å². The molecule has 0 spiro atoms. The molecular formula is C21H30N2O4. The number of amides is 1. The summed E-state index contributed by atoms with van der Waals surface area (Å²) in [4.78, 5) is 15.3. The number of likely N-dealkylation sites (tertiary alicyclic amines) is 1. The lowest BCUT2D eigenvalue weighted by atomic mass is 9.98. The molecule has 3 heterocycles. The third kappa shape index (κ3) is 4.13. The minimum absolute atomic E-state index is 0.00870. The van der Waals surface area contributed by atoms with Crippen LogP contribution in [0.3, 0.4) is 0 Å². The zero-order chi connectivity index (χ0) is 18.6. The second kappa shape index (κ2) is 8.59. The number of fused-ring (bicyclic) bond motifs is 1. The molecule has 0 unspecified atom stereocenters. The van der Waals surface area contributed by atoms with Crippen molar-refractivity contribution in [2.24, 2.45) is 11.8 Å². The molecule has 0 aliphatic carbocycles. The van der Waals surface area contributed by atoms with Gasteiger partial charge in [-0.3, -0.25) is 9.69 Å². The summed E-state index contributed by atoms with van der Waals surface area (Å²) in [6.45, 7) is 4.64. The number of carbonyl (C=O) groups excluding carboxylic acids is 1. The third-order valence-corrected chi connectivity index (χ3v) is 6.21. The van der Waals surface area contributed by atoms with Crippen molar-refractivity contribution < 1.29 is 19.0 Å². The fraction of sp³-hybridized carbons (Fsp3) is 0.667. The first kappa shape index (κ1) is 18.7. The summed E-state index contributed by atoms with van der Waals surface area (Å²) in [6, 6.07) is 8.43. The molecule has 0 saturated carbocycles. The normalized spacial score (nSPS) is 28.9. The predicted octanol–water partition coefficient (Wildman–Crippen LogP) is 1.83. The summed E-state index contributed by atoms with van der Waals surface area (Å²) < 4.78 is 16.9. The van der Waals surface area contributed by atoms with E-state index in [0.717, 1.165) is 70.0 Å². The van der Waals surface area contributed by atoms with Crippen molar-refractivity contribution in [1.29, 1.82) is 0 Å². The van der Waals surface area contributed by atoms with E-state index in [1.165, 1.54) is 0 Å². The molecule has 3 aliphatic rings. The van der Waals surface area contributed by atoms with Crippen LogP contribution >= 0.6 is 0 Å². The highest BCUT2D eigenvalue weighted by Gasteiger charge is 2.48. The van der Waals surface area contributed by atoms with E-state index >= 15 is 0 Å². The maximum Gasteiger partial charge on any atom is 0.227 e. The molecule has 1 aromatic rings. The number of hydrogen-bond donors (Lipinski definition) is 1. The molecule has 0 aromatic heterocycles. The van der Waals surface area contributed by atoms with Gasteiger partial charge in [0.25, 0.3) is 0 Å². The fourth-order valence-electron chi connectivity index (χ4n) is 4.66. The smallest absolute Gasteiger partial charge is 0.227 e. The summed E-state index contributed by atoms with van der Waals surface area (Å²) >= 11 is 0. The van der Waals surface area contributed by atoms with Crippen LogP contribution in [0.4, 0.5) is 0 Å². The molecule has 1 amide bonds. The lowest BCUT2D eigenvalue weighted by Crippen LogP contribution is -2.40. The molecule has 6 nitrogen and oxygen atoms in total. The molecule has 3 aliphatic heterocycles. The Morgan fingerprint density at radius 1 is 1.22 bits per heavy atom. The van der Waals surface area contributed by atoms with Gasteiger partial charge in [-0.25, -0.2) is 0 Å². The van der Waals surface area contributed by atoms with Gasteiger partial charge in [0.15, 0.2) is 0 Å². The molecule has 1 aromatic carbocycles. The van der Waals surface area contributed by atoms with Crippen molar-refractivity contribution >= 4 is 5.91 Å². The zero-order valence-electron chi connectivity index (χ0n) is 16.1. The van der Waals surface area contributed by atoms with E-state index < -0.39 is 0 Å². The monoisotopic (exact) mass is 374 g/mol. The SMILES string of the molecule is COc1ccccc1CN1C[C@@H](C(=O)NCC2CCOCC2)[C@@H]2OCC[C@H]21. The van der Waals surface area contributed by atoms with Crippen molar-refractivity contribution in [3.63, 3.8) is 0 Å². The largest absolute Gasteiger partial charge is 0.496 e. The Bertz CT molecular complexity index is 647. The lowest BCUT2D eigenvalue weighted by molar-refractivity contribution is -0.128. The highest BCUT2D eigenvalue weighted by atomic mass is 16.5. The van der Waals surface area contributed by atoms with Crippen LogP contribution < -0.4 is 10.1 Å². The van der Waals surface area contributed by atoms with Gasteiger partial charge in [-0.05, 0) is 31.2 Å². The minimum Gasteiger partial charge on any atom is -0.496 e. The van der Waals surface area contributed by atoms with Gasteiger partial charge in [-0.15, -0.1) is 0 Å². The van der Waals surface area contributed by atoms with Gasteiger partial charge in [0.05, 0.1) is 19.1 Å². The Morgan fingerprint density at radius 2 is 2.04 bits per heavy atom. The average Bonchev–Trinajstić information content (AvgIpc) is 3.31. The molecule has 3 atom stereocenters. The number of hydrogen-bond acceptors (Lipinski definition) is 5. The Labute approximate surface area is 161 Å².